The SMILES string of the molecule is O=C(Nc1nc2cccc(C(=O)O)c2s1)OCC1c2ccccc2-c2ccccc21. The Morgan fingerprint density at radius 3 is 2.30 bits per heavy atom. The number of nitrogens with one attached hydrogen (secondary N) is 1. The number of carboxylic acids is 1. The molecule has 2 N–H and O–H groups in total. The fraction of sp³-hybridized carbons (Fsp3) is 0.0870. The summed E-state index contributed by atoms with van der Waals surface area (Å²) in [6.07, 6.45) is -0.618. The summed E-state index contributed by atoms with van der Waals surface area (Å²) in [5.41, 5.74) is 5.28. The van der Waals surface area contributed by atoms with E-state index in [0.29, 0.717) is 15.3 Å². The molecule has 0 saturated heterocycles. The Morgan fingerprint density at radius 2 is 1.63 bits per heavy atom. The smallest absolute Gasteiger partial charge is 0.413 e. The molecule has 4 aromatic rings. The van der Waals surface area contributed by atoms with Gasteiger partial charge in [0.05, 0.1) is 15.8 Å². The van der Waals surface area contributed by atoms with Gasteiger partial charge >= 0.3 is 12.1 Å². The number of nitrogens with zero attached hydrogens (tertiary/aromatic N) is 1. The van der Waals surface area contributed by atoms with E-state index in [1.54, 1.807) is 12.1 Å². The van der Waals surface area contributed by atoms with Crippen molar-refractivity contribution >= 4 is 38.7 Å². The summed E-state index contributed by atoms with van der Waals surface area (Å²) in [5.74, 6) is -1.06. The van der Waals surface area contributed by atoms with Crippen LogP contribution >= 0.6 is 11.3 Å². The van der Waals surface area contributed by atoms with Crippen molar-refractivity contribution in [3.05, 3.63) is 83.4 Å². The topological polar surface area (TPSA) is 88.5 Å². The number of fused-ring (bicyclic) bond motifs is 4. The zero-order chi connectivity index (χ0) is 20.7. The van der Waals surface area contributed by atoms with E-state index in [4.69, 9.17) is 4.74 Å². The summed E-state index contributed by atoms with van der Waals surface area (Å²) in [6.45, 7) is 0.200. The molecule has 0 aliphatic heterocycles. The van der Waals surface area contributed by atoms with E-state index in [0.717, 1.165) is 33.6 Å². The third-order valence-corrected chi connectivity index (χ3v) is 6.22. The van der Waals surface area contributed by atoms with Crippen molar-refractivity contribution in [3.8, 4) is 11.1 Å². The average molecular weight is 416 g/mol. The minimum atomic E-state index is -1.03. The number of hydrogen-bond donors (Lipinski definition) is 2. The van der Waals surface area contributed by atoms with E-state index in [-0.39, 0.29) is 18.1 Å². The Bertz CT molecular complexity index is 1250. The summed E-state index contributed by atoms with van der Waals surface area (Å²) in [5, 5.41) is 12.2. The fourth-order valence-corrected chi connectivity index (χ4v) is 4.85. The molecule has 3 aromatic carbocycles. The van der Waals surface area contributed by atoms with Crippen LogP contribution in [0.4, 0.5) is 9.93 Å². The summed E-state index contributed by atoms with van der Waals surface area (Å²) in [4.78, 5) is 28.1. The zero-order valence-corrected chi connectivity index (χ0v) is 16.5. The summed E-state index contributed by atoms with van der Waals surface area (Å²) in [7, 11) is 0. The molecule has 30 heavy (non-hydrogen) atoms. The van der Waals surface area contributed by atoms with Crippen molar-refractivity contribution in [3.63, 3.8) is 0 Å². The van der Waals surface area contributed by atoms with Gasteiger partial charge in [0.2, 0.25) is 0 Å². The second-order valence-electron chi connectivity index (χ2n) is 6.93. The molecule has 1 aliphatic rings. The Labute approximate surface area is 175 Å². The minimum absolute atomic E-state index is 0.0304. The minimum Gasteiger partial charge on any atom is -0.478 e. The number of benzene rings is 3. The number of anilines is 1. The zero-order valence-electron chi connectivity index (χ0n) is 15.7. The Balaban J connectivity index is 1.33. The van der Waals surface area contributed by atoms with Crippen LogP contribution in [0.25, 0.3) is 21.3 Å². The number of thiazole rings is 1. The van der Waals surface area contributed by atoms with Gasteiger partial charge in [0.15, 0.2) is 5.13 Å². The first kappa shape index (κ1) is 18.3. The molecule has 1 heterocycles. The number of amides is 1. The van der Waals surface area contributed by atoms with E-state index >= 15 is 0 Å². The monoisotopic (exact) mass is 416 g/mol. The molecular weight excluding hydrogens is 400 g/mol. The molecule has 7 heteroatoms. The highest BCUT2D eigenvalue weighted by Crippen LogP contribution is 2.44. The number of carbonyl (C=O) groups excluding carboxylic acids is 1. The van der Waals surface area contributed by atoms with Gasteiger partial charge in [-0.05, 0) is 34.4 Å². The van der Waals surface area contributed by atoms with Crippen molar-refractivity contribution in [1.82, 2.24) is 4.98 Å². The molecule has 0 radical (unpaired) electrons. The van der Waals surface area contributed by atoms with Crippen molar-refractivity contribution in [2.45, 2.75) is 5.92 Å². The Hall–Kier alpha value is -3.71. The number of carboxylic acid groups (broad SMARTS) is 1. The molecule has 0 spiro atoms. The molecule has 6 nitrogen and oxygen atoms in total. The number of aromatic nitrogens is 1. The van der Waals surface area contributed by atoms with Crippen LogP contribution in [-0.2, 0) is 4.74 Å². The maximum atomic E-state index is 12.4. The second-order valence-corrected chi connectivity index (χ2v) is 7.93. The van der Waals surface area contributed by atoms with E-state index in [1.807, 2.05) is 24.3 Å². The van der Waals surface area contributed by atoms with E-state index in [2.05, 4.69) is 34.6 Å². The Morgan fingerprint density at radius 1 is 0.967 bits per heavy atom. The number of ether oxygens (including phenoxy) is 1. The molecule has 1 aliphatic carbocycles. The van der Waals surface area contributed by atoms with Gasteiger partial charge in [0.25, 0.3) is 0 Å². The average Bonchev–Trinajstić information content (AvgIpc) is 3.30. The molecule has 0 unspecified atom stereocenters. The van der Waals surface area contributed by atoms with Crippen LogP contribution < -0.4 is 5.32 Å². The van der Waals surface area contributed by atoms with Gasteiger partial charge in [-0.1, -0.05) is 65.9 Å². The molecular formula is C23H16N2O4S. The van der Waals surface area contributed by atoms with E-state index in [9.17, 15) is 14.7 Å². The number of carbonyl (C=O) groups is 2. The highest BCUT2D eigenvalue weighted by atomic mass is 32.1. The van der Waals surface area contributed by atoms with Crippen LogP contribution in [0.2, 0.25) is 0 Å². The fourth-order valence-electron chi connectivity index (χ4n) is 3.89. The predicted molar refractivity (Wildman–Crippen MR) is 115 cm³/mol. The van der Waals surface area contributed by atoms with Crippen LogP contribution in [0, 0.1) is 0 Å². The lowest BCUT2D eigenvalue weighted by atomic mass is 9.98. The van der Waals surface area contributed by atoms with Crippen LogP contribution in [0.1, 0.15) is 27.4 Å². The maximum Gasteiger partial charge on any atom is 0.413 e. The molecule has 1 aromatic heterocycles. The Kier molecular flexibility index (Phi) is 4.44. The highest BCUT2D eigenvalue weighted by Gasteiger charge is 2.29. The number of rotatable bonds is 4. The van der Waals surface area contributed by atoms with Gasteiger partial charge in [-0.2, -0.15) is 0 Å². The summed E-state index contributed by atoms with van der Waals surface area (Å²) >= 11 is 1.11. The van der Waals surface area contributed by atoms with Crippen molar-refractivity contribution in [2.24, 2.45) is 0 Å². The van der Waals surface area contributed by atoms with Crippen LogP contribution in [0.15, 0.2) is 66.7 Å². The second kappa shape index (κ2) is 7.27. The predicted octanol–water partition coefficient (Wildman–Crippen LogP) is 5.36. The quantitative estimate of drug-likeness (QED) is 0.468. The normalized spacial score (nSPS) is 12.4. The lowest BCUT2D eigenvalue weighted by Gasteiger charge is -2.14. The number of hydrogen-bond acceptors (Lipinski definition) is 5. The molecule has 0 bridgehead atoms. The van der Waals surface area contributed by atoms with Crippen molar-refractivity contribution < 1.29 is 19.4 Å². The molecule has 1 amide bonds. The van der Waals surface area contributed by atoms with Crippen LogP contribution in [-0.4, -0.2) is 28.8 Å². The third-order valence-electron chi connectivity index (χ3n) is 5.20. The van der Waals surface area contributed by atoms with Gasteiger partial charge < -0.3 is 9.84 Å². The van der Waals surface area contributed by atoms with Gasteiger partial charge in [-0.3, -0.25) is 5.32 Å². The van der Waals surface area contributed by atoms with Gasteiger partial charge in [0, 0.05) is 5.92 Å². The standard InChI is InChI=1S/C23H16N2O4S/c26-21(27)17-10-5-11-19-20(17)30-22(24-19)25-23(28)29-12-18-15-8-3-1-6-13(15)14-7-2-4-9-16(14)18/h1-11,18H,12H2,(H,26,27)(H,24,25,28). The molecule has 0 fully saturated rings. The lowest BCUT2D eigenvalue weighted by molar-refractivity contribution is 0.0699. The van der Waals surface area contributed by atoms with Gasteiger partial charge in [-0.15, -0.1) is 0 Å². The van der Waals surface area contributed by atoms with Gasteiger partial charge in [0.1, 0.15) is 6.61 Å². The molecule has 0 atom stereocenters. The lowest BCUT2D eigenvalue weighted by Crippen LogP contribution is -2.17. The third kappa shape index (κ3) is 3.09. The summed E-state index contributed by atoms with van der Waals surface area (Å²) in [6, 6.07) is 21.1. The largest absolute Gasteiger partial charge is 0.478 e. The molecule has 5 rings (SSSR count). The van der Waals surface area contributed by atoms with E-state index in [1.165, 1.54) is 6.07 Å². The van der Waals surface area contributed by atoms with Gasteiger partial charge in [-0.25, -0.2) is 14.6 Å². The van der Waals surface area contributed by atoms with Crippen LogP contribution in [0.3, 0.4) is 0 Å². The van der Waals surface area contributed by atoms with Crippen molar-refractivity contribution in [2.75, 3.05) is 11.9 Å². The first-order valence-electron chi connectivity index (χ1n) is 9.36. The highest BCUT2D eigenvalue weighted by molar-refractivity contribution is 7.22. The summed E-state index contributed by atoms with van der Waals surface area (Å²) < 4.78 is 6.03. The molecule has 148 valence electrons. The molecule has 0 saturated carbocycles. The van der Waals surface area contributed by atoms with Crippen molar-refractivity contribution in [1.29, 1.82) is 0 Å². The first-order chi connectivity index (χ1) is 14.6. The first-order valence-corrected chi connectivity index (χ1v) is 10.2. The van der Waals surface area contributed by atoms with Crippen LogP contribution in [0.5, 0.6) is 0 Å². The van der Waals surface area contributed by atoms with E-state index < -0.39 is 12.1 Å². The maximum absolute atomic E-state index is 12.4. The number of aromatic carboxylic acids is 1.